The molecule has 0 aliphatic rings. The number of hydrogen-bond acceptors (Lipinski definition) is 0. The van der Waals surface area contributed by atoms with E-state index >= 15 is 0 Å². The first-order chi connectivity index (χ1) is 7.72. The molecule has 0 aliphatic carbocycles. The van der Waals surface area contributed by atoms with E-state index in [1.165, 1.54) is 22.0 Å². The van der Waals surface area contributed by atoms with Gasteiger partial charge in [-0.3, -0.25) is 0 Å². The van der Waals surface area contributed by atoms with Crippen molar-refractivity contribution in [1.29, 1.82) is 0 Å². The van der Waals surface area contributed by atoms with E-state index in [0.29, 0.717) is 0 Å². The summed E-state index contributed by atoms with van der Waals surface area (Å²) in [6, 6.07) is 8.62. The number of rotatable bonds is 3. The summed E-state index contributed by atoms with van der Waals surface area (Å²) in [5.74, 6) is 0. The molecular formula is C15H19N. The van der Waals surface area contributed by atoms with Crippen LogP contribution in [0.1, 0.15) is 25.8 Å². The monoisotopic (exact) mass is 213 g/mol. The van der Waals surface area contributed by atoms with Crippen molar-refractivity contribution in [3.63, 3.8) is 0 Å². The molecule has 2 rings (SSSR count). The van der Waals surface area contributed by atoms with Crippen LogP contribution in [0.4, 0.5) is 0 Å². The van der Waals surface area contributed by atoms with E-state index in [0.717, 1.165) is 13.0 Å². The van der Waals surface area contributed by atoms with E-state index in [-0.39, 0.29) is 0 Å². The van der Waals surface area contributed by atoms with E-state index < -0.39 is 0 Å². The third kappa shape index (κ3) is 2.04. The van der Waals surface area contributed by atoms with Crippen molar-refractivity contribution < 1.29 is 0 Å². The Kier molecular flexibility index (Phi) is 3.14. The highest BCUT2D eigenvalue weighted by molar-refractivity contribution is 5.83. The summed E-state index contributed by atoms with van der Waals surface area (Å²) >= 11 is 0. The van der Waals surface area contributed by atoms with Gasteiger partial charge in [0.25, 0.3) is 0 Å². The zero-order valence-corrected chi connectivity index (χ0v) is 10.3. The molecule has 0 saturated heterocycles. The van der Waals surface area contributed by atoms with Gasteiger partial charge in [-0.25, -0.2) is 0 Å². The van der Waals surface area contributed by atoms with Crippen LogP contribution >= 0.6 is 0 Å². The van der Waals surface area contributed by atoms with Crippen molar-refractivity contribution >= 4 is 10.9 Å². The molecule has 0 aliphatic heterocycles. The summed E-state index contributed by atoms with van der Waals surface area (Å²) in [4.78, 5) is 0. The summed E-state index contributed by atoms with van der Waals surface area (Å²) < 4.78 is 2.36. The Morgan fingerprint density at radius 3 is 2.81 bits per heavy atom. The molecule has 0 unspecified atom stereocenters. The van der Waals surface area contributed by atoms with Crippen molar-refractivity contribution in [2.45, 2.75) is 33.7 Å². The maximum absolute atomic E-state index is 2.36. The number of para-hydroxylation sites is 1. The number of aryl methyl sites for hydroxylation is 2. The Labute approximate surface area is 97.4 Å². The fourth-order valence-electron chi connectivity index (χ4n) is 2.06. The largest absolute Gasteiger partial charge is 0.347 e. The molecule has 16 heavy (non-hydrogen) atoms. The van der Waals surface area contributed by atoms with Crippen LogP contribution in [0, 0.1) is 6.92 Å². The molecule has 0 atom stereocenters. The lowest BCUT2D eigenvalue weighted by Crippen LogP contribution is -1.96. The predicted molar refractivity (Wildman–Crippen MR) is 70.7 cm³/mol. The Balaban J connectivity index is 2.31. The molecule has 84 valence electrons. The van der Waals surface area contributed by atoms with Gasteiger partial charge in [0.2, 0.25) is 0 Å². The number of fused-ring (bicyclic) bond motifs is 1. The van der Waals surface area contributed by atoms with Gasteiger partial charge in [0.1, 0.15) is 0 Å². The summed E-state index contributed by atoms with van der Waals surface area (Å²) in [5.41, 5.74) is 4.17. The number of hydrogen-bond donors (Lipinski definition) is 0. The molecular weight excluding hydrogens is 194 g/mol. The average molecular weight is 213 g/mol. The molecule has 0 amide bonds. The van der Waals surface area contributed by atoms with Gasteiger partial charge >= 0.3 is 0 Å². The zero-order valence-electron chi connectivity index (χ0n) is 10.3. The summed E-state index contributed by atoms with van der Waals surface area (Å²) in [7, 11) is 0. The van der Waals surface area contributed by atoms with Crippen LogP contribution in [0.2, 0.25) is 0 Å². The molecule has 0 spiro atoms. The van der Waals surface area contributed by atoms with Gasteiger partial charge in [-0.1, -0.05) is 29.8 Å². The summed E-state index contributed by atoms with van der Waals surface area (Å²) in [6.07, 6.45) is 5.58. The maximum Gasteiger partial charge on any atom is 0.0483 e. The van der Waals surface area contributed by atoms with E-state index in [4.69, 9.17) is 0 Å². The Bertz CT molecular complexity index is 517. The minimum atomic E-state index is 1.07. The topological polar surface area (TPSA) is 4.93 Å². The Morgan fingerprint density at radius 1 is 1.31 bits per heavy atom. The molecule has 1 aromatic heterocycles. The second-order valence-electron chi connectivity index (χ2n) is 4.41. The van der Waals surface area contributed by atoms with Crippen molar-refractivity contribution in [3.05, 3.63) is 47.7 Å². The van der Waals surface area contributed by atoms with E-state index in [9.17, 15) is 0 Å². The third-order valence-corrected chi connectivity index (χ3v) is 3.23. The normalized spacial score (nSPS) is 12.3. The average Bonchev–Trinajstić information content (AvgIpc) is 2.64. The second-order valence-corrected chi connectivity index (χ2v) is 4.41. The Morgan fingerprint density at radius 2 is 2.06 bits per heavy atom. The van der Waals surface area contributed by atoms with Crippen molar-refractivity contribution in [3.8, 4) is 0 Å². The highest BCUT2D eigenvalue weighted by Crippen LogP contribution is 2.21. The van der Waals surface area contributed by atoms with Crippen LogP contribution in [0.15, 0.2) is 42.1 Å². The molecule has 0 fully saturated rings. The van der Waals surface area contributed by atoms with Gasteiger partial charge in [-0.15, -0.1) is 0 Å². The van der Waals surface area contributed by atoms with Gasteiger partial charge in [-0.2, -0.15) is 0 Å². The van der Waals surface area contributed by atoms with Gasteiger partial charge in [0, 0.05) is 23.6 Å². The quantitative estimate of drug-likeness (QED) is 0.670. The predicted octanol–water partition coefficient (Wildman–Crippen LogP) is 4.31. The lowest BCUT2D eigenvalue weighted by Gasteiger charge is -2.05. The van der Waals surface area contributed by atoms with Crippen LogP contribution in [0.5, 0.6) is 0 Å². The van der Waals surface area contributed by atoms with E-state index in [1.807, 2.05) is 0 Å². The zero-order chi connectivity index (χ0) is 11.5. The molecule has 1 heterocycles. The fraction of sp³-hybridized carbons (Fsp3) is 0.333. The minimum Gasteiger partial charge on any atom is -0.347 e. The minimum absolute atomic E-state index is 1.07. The molecule has 0 N–H and O–H groups in total. The molecule has 2 aromatic rings. The first-order valence-corrected chi connectivity index (χ1v) is 5.88. The Hall–Kier alpha value is -1.50. The lowest BCUT2D eigenvalue weighted by molar-refractivity contribution is 0.715. The van der Waals surface area contributed by atoms with Crippen LogP contribution < -0.4 is 0 Å². The van der Waals surface area contributed by atoms with Crippen molar-refractivity contribution in [1.82, 2.24) is 4.57 Å². The fourth-order valence-corrected chi connectivity index (χ4v) is 2.06. The van der Waals surface area contributed by atoms with Gasteiger partial charge in [0.05, 0.1) is 0 Å². The van der Waals surface area contributed by atoms with Gasteiger partial charge in [-0.05, 0) is 38.8 Å². The number of nitrogens with zero attached hydrogens (tertiary/aromatic N) is 1. The number of aromatic nitrogens is 1. The lowest BCUT2D eigenvalue weighted by atomic mass is 10.2. The highest BCUT2D eigenvalue weighted by Gasteiger charge is 2.03. The van der Waals surface area contributed by atoms with Crippen LogP contribution in [-0.4, -0.2) is 4.57 Å². The number of benzene rings is 1. The van der Waals surface area contributed by atoms with Gasteiger partial charge < -0.3 is 4.57 Å². The summed E-state index contributed by atoms with van der Waals surface area (Å²) in [6.45, 7) is 7.55. The summed E-state index contributed by atoms with van der Waals surface area (Å²) in [5, 5.41) is 1.38. The smallest absolute Gasteiger partial charge is 0.0483 e. The molecule has 0 bridgehead atoms. The van der Waals surface area contributed by atoms with Gasteiger partial charge in [0.15, 0.2) is 0 Å². The van der Waals surface area contributed by atoms with Crippen LogP contribution in [0.25, 0.3) is 10.9 Å². The highest BCUT2D eigenvalue weighted by atomic mass is 15.0. The molecule has 1 heteroatoms. The SMILES string of the molecule is C/C=C(\C)CCn1cc(C)c2ccccc21. The molecule has 1 nitrogen and oxygen atoms in total. The standard InChI is InChI=1S/C15H19N/c1-4-12(2)9-10-16-11-13(3)14-7-5-6-8-15(14)16/h4-8,11H,9-10H2,1-3H3/b12-4+. The molecule has 0 saturated carbocycles. The first kappa shape index (κ1) is 11.0. The van der Waals surface area contributed by atoms with Crippen LogP contribution in [-0.2, 0) is 6.54 Å². The first-order valence-electron chi connectivity index (χ1n) is 5.88. The van der Waals surface area contributed by atoms with E-state index in [2.05, 4.69) is 61.9 Å². The van der Waals surface area contributed by atoms with Crippen LogP contribution in [0.3, 0.4) is 0 Å². The van der Waals surface area contributed by atoms with Crippen molar-refractivity contribution in [2.75, 3.05) is 0 Å². The van der Waals surface area contributed by atoms with E-state index in [1.54, 1.807) is 0 Å². The van der Waals surface area contributed by atoms with Crippen molar-refractivity contribution in [2.24, 2.45) is 0 Å². The third-order valence-electron chi connectivity index (χ3n) is 3.23. The molecule has 1 aromatic carbocycles. The second kappa shape index (κ2) is 4.56. The maximum atomic E-state index is 2.36. The number of allylic oxidation sites excluding steroid dienone is 2. The molecule has 0 radical (unpaired) electrons.